The Hall–Kier alpha value is -1.26. The van der Waals surface area contributed by atoms with Crippen molar-refractivity contribution in [1.82, 2.24) is 10.2 Å². The van der Waals surface area contributed by atoms with Crippen molar-refractivity contribution in [2.75, 3.05) is 6.61 Å². The number of amides is 2. The Morgan fingerprint density at radius 3 is 2.76 bits per heavy atom. The molecule has 0 aromatic heterocycles. The monoisotopic (exact) mass is 246 g/mol. The summed E-state index contributed by atoms with van der Waals surface area (Å²) in [5.41, 5.74) is 5.58. The number of carbonyl (C=O) groups excluding carboxylic acids is 1. The van der Waals surface area contributed by atoms with Crippen LogP contribution in [0.15, 0.2) is 4.99 Å². The average Bonchev–Trinajstić information content (AvgIpc) is 2.57. The first kappa shape index (κ1) is 12.2. The molecule has 5 atom stereocenters. The summed E-state index contributed by atoms with van der Waals surface area (Å²) in [6.07, 6.45) is -4.60. The summed E-state index contributed by atoms with van der Waals surface area (Å²) in [6, 6.07) is -0.595. The molecule has 96 valence electrons. The van der Waals surface area contributed by atoms with Gasteiger partial charge >= 0.3 is 6.03 Å². The lowest BCUT2D eigenvalue weighted by atomic mass is 10.1. The first-order valence-electron chi connectivity index (χ1n) is 5.04. The molecule has 0 saturated carbocycles. The first-order chi connectivity index (χ1) is 8.06. The van der Waals surface area contributed by atoms with Gasteiger partial charge in [-0.05, 0) is 0 Å². The van der Waals surface area contributed by atoms with Crippen LogP contribution in [0.5, 0.6) is 0 Å². The maximum atomic E-state index is 11.5. The van der Waals surface area contributed by atoms with E-state index in [1.54, 1.807) is 0 Å². The fraction of sp³-hybridized carbons (Fsp3) is 0.750. The van der Waals surface area contributed by atoms with Gasteiger partial charge in [0.2, 0.25) is 0 Å². The zero-order valence-corrected chi connectivity index (χ0v) is 8.80. The molecule has 1 saturated heterocycles. The molecule has 0 radical (unpaired) electrons. The number of nitrogens with two attached hydrogens (primary N) is 1. The van der Waals surface area contributed by atoms with Gasteiger partial charge in [-0.1, -0.05) is 0 Å². The van der Waals surface area contributed by atoms with Crippen LogP contribution in [0.4, 0.5) is 4.79 Å². The van der Waals surface area contributed by atoms with Gasteiger partial charge in [0.25, 0.3) is 0 Å². The second-order valence-corrected chi connectivity index (χ2v) is 3.78. The Kier molecular flexibility index (Phi) is 3.26. The fourth-order valence-corrected chi connectivity index (χ4v) is 1.81. The normalized spacial score (nSPS) is 41.8. The zero-order chi connectivity index (χ0) is 12.6. The van der Waals surface area contributed by atoms with E-state index in [2.05, 4.69) is 10.3 Å². The molecule has 9 nitrogen and oxygen atoms in total. The van der Waals surface area contributed by atoms with Crippen LogP contribution >= 0.6 is 0 Å². The van der Waals surface area contributed by atoms with Gasteiger partial charge in [0.05, 0.1) is 12.9 Å². The van der Waals surface area contributed by atoms with E-state index in [1.165, 1.54) is 0 Å². The zero-order valence-electron chi connectivity index (χ0n) is 8.80. The van der Waals surface area contributed by atoms with Crippen LogP contribution in [0.3, 0.4) is 0 Å². The Labute approximate surface area is 96.5 Å². The van der Waals surface area contributed by atoms with Gasteiger partial charge in [0, 0.05) is 0 Å². The number of aliphatic hydroxyl groups excluding tert-OH is 3. The summed E-state index contributed by atoms with van der Waals surface area (Å²) in [7, 11) is 0. The Morgan fingerprint density at radius 1 is 1.53 bits per heavy atom. The maximum absolute atomic E-state index is 11.5. The second-order valence-electron chi connectivity index (χ2n) is 3.78. The molecule has 2 heterocycles. The lowest BCUT2D eigenvalue weighted by molar-refractivity contribution is -0.0907. The van der Waals surface area contributed by atoms with Gasteiger partial charge in [-0.2, -0.15) is 0 Å². The van der Waals surface area contributed by atoms with Gasteiger partial charge in [-0.3, -0.25) is 16.0 Å². The van der Waals surface area contributed by atoms with Gasteiger partial charge in [-0.15, -0.1) is 0 Å². The Bertz CT molecular complexity index is 338. The minimum absolute atomic E-state index is 0.470. The van der Waals surface area contributed by atoms with Gasteiger partial charge in [0.15, 0.2) is 12.5 Å². The SMILES string of the molecule is NC1N=CNC(=O)N1C1O[C@H](CO)[C@@H](O)[C@@H]1O. The molecule has 2 aliphatic heterocycles. The predicted molar refractivity (Wildman–Crippen MR) is 54.6 cm³/mol. The van der Waals surface area contributed by atoms with Crippen LogP contribution in [-0.4, -0.2) is 70.0 Å². The number of nitrogens with one attached hydrogen (secondary N) is 1. The van der Waals surface area contributed by atoms with Crippen LogP contribution in [0.25, 0.3) is 0 Å². The van der Waals surface area contributed by atoms with Crippen molar-refractivity contribution < 1.29 is 24.9 Å². The van der Waals surface area contributed by atoms with Gasteiger partial charge in [0.1, 0.15) is 18.3 Å². The molecule has 0 aromatic rings. The van der Waals surface area contributed by atoms with E-state index in [0.29, 0.717) is 0 Å². The van der Waals surface area contributed by atoms with Gasteiger partial charge in [-0.25, -0.2) is 9.79 Å². The summed E-state index contributed by atoms with van der Waals surface area (Å²) in [6.45, 7) is -0.470. The molecule has 1 fully saturated rings. The molecule has 9 heteroatoms. The molecule has 17 heavy (non-hydrogen) atoms. The molecule has 6 N–H and O–H groups in total. The highest BCUT2D eigenvalue weighted by Crippen LogP contribution is 2.25. The number of nitrogens with zero attached hydrogens (tertiary/aromatic N) is 2. The summed E-state index contributed by atoms with van der Waals surface area (Å²) >= 11 is 0. The number of carbonyl (C=O) groups is 1. The third-order valence-corrected chi connectivity index (χ3v) is 2.73. The van der Waals surface area contributed by atoms with E-state index in [1.807, 2.05) is 0 Å². The van der Waals surface area contributed by atoms with E-state index in [4.69, 9.17) is 15.6 Å². The summed E-state index contributed by atoms with van der Waals surface area (Å²) in [5.74, 6) is 0. The molecule has 0 aromatic carbocycles. The molecule has 0 spiro atoms. The number of hydrogen-bond acceptors (Lipinski definition) is 7. The highest BCUT2D eigenvalue weighted by molar-refractivity contribution is 5.88. The van der Waals surface area contributed by atoms with Gasteiger partial charge < -0.3 is 20.1 Å². The Balaban J connectivity index is 2.17. The van der Waals surface area contributed by atoms with Crippen molar-refractivity contribution in [3.8, 4) is 0 Å². The van der Waals surface area contributed by atoms with Crippen LogP contribution in [0, 0.1) is 0 Å². The van der Waals surface area contributed by atoms with Crippen molar-refractivity contribution in [1.29, 1.82) is 0 Å². The van der Waals surface area contributed by atoms with Crippen molar-refractivity contribution in [3.63, 3.8) is 0 Å². The molecule has 2 unspecified atom stereocenters. The number of aliphatic imine (C=N–C) groups is 1. The molecular formula is C8H14N4O5. The summed E-state index contributed by atoms with van der Waals surface area (Å²) in [5, 5.41) is 30.5. The second kappa shape index (κ2) is 4.55. The molecular weight excluding hydrogens is 232 g/mol. The van der Waals surface area contributed by atoms with Crippen LogP contribution in [-0.2, 0) is 4.74 Å². The highest BCUT2D eigenvalue weighted by atomic mass is 16.6. The highest BCUT2D eigenvalue weighted by Gasteiger charge is 2.48. The number of hydrogen-bond donors (Lipinski definition) is 5. The molecule has 2 aliphatic rings. The van der Waals surface area contributed by atoms with E-state index in [9.17, 15) is 15.0 Å². The average molecular weight is 246 g/mol. The van der Waals surface area contributed by atoms with E-state index >= 15 is 0 Å². The van der Waals surface area contributed by atoms with Crippen molar-refractivity contribution in [2.24, 2.45) is 10.7 Å². The minimum atomic E-state index is -1.35. The van der Waals surface area contributed by atoms with E-state index in [0.717, 1.165) is 11.2 Å². The quantitative estimate of drug-likeness (QED) is 0.346. The van der Waals surface area contributed by atoms with Crippen LogP contribution in [0.2, 0.25) is 0 Å². The van der Waals surface area contributed by atoms with E-state index < -0.39 is 43.5 Å². The molecule has 0 bridgehead atoms. The number of aliphatic hydroxyl groups is 3. The third-order valence-electron chi connectivity index (χ3n) is 2.73. The fourth-order valence-electron chi connectivity index (χ4n) is 1.81. The number of ether oxygens (including phenoxy) is 1. The van der Waals surface area contributed by atoms with Crippen molar-refractivity contribution >= 4 is 12.4 Å². The summed E-state index contributed by atoms with van der Waals surface area (Å²) in [4.78, 5) is 16.2. The standard InChI is InChI=1S/C8H14N4O5/c9-7-10-2-11-8(16)12(7)6-5(15)4(14)3(1-13)17-6/h2-7,13-15H,1,9H2,(H,10,11,16)/t3-,4-,5+,6?,7?/m1/s1. The maximum Gasteiger partial charge on any atom is 0.327 e. The summed E-state index contributed by atoms with van der Waals surface area (Å²) < 4.78 is 5.18. The largest absolute Gasteiger partial charge is 0.394 e. The lowest BCUT2D eigenvalue weighted by Crippen LogP contribution is -2.60. The van der Waals surface area contributed by atoms with Crippen LogP contribution in [0.1, 0.15) is 0 Å². The lowest BCUT2D eigenvalue weighted by Gasteiger charge is -2.34. The Morgan fingerprint density at radius 2 is 2.24 bits per heavy atom. The first-order valence-corrected chi connectivity index (χ1v) is 5.04. The van der Waals surface area contributed by atoms with Crippen molar-refractivity contribution in [3.05, 3.63) is 0 Å². The molecule has 0 aliphatic carbocycles. The number of rotatable bonds is 2. The smallest absolute Gasteiger partial charge is 0.327 e. The molecule has 2 rings (SSSR count). The van der Waals surface area contributed by atoms with E-state index in [-0.39, 0.29) is 0 Å². The van der Waals surface area contributed by atoms with Crippen LogP contribution < -0.4 is 11.1 Å². The predicted octanol–water partition coefficient (Wildman–Crippen LogP) is -3.28. The molecule has 2 amide bonds. The van der Waals surface area contributed by atoms with Crippen molar-refractivity contribution in [2.45, 2.75) is 30.8 Å². The topological polar surface area (TPSA) is 141 Å². The minimum Gasteiger partial charge on any atom is -0.394 e. The third kappa shape index (κ3) is 1.98. The number of urea groups is 1.